The first kappa shape index (κ1) is 13.0. The molecule has 0 aromatic heterocycles. The van der Waals surface area contributed by atoms with E-state index in [1.54, 1.807) is 6.92 Å². The summed E-state index contributed by atoms with van der Waals surface area (Å²) < 4.78 is 0.989. The van der Waals surface area contributed by atoms with E-state index in [4.69, 9.17) is 17.3 Å². The molecule has 0 radical (unpaired) electrons. The van der Waals surface area contributed by atoms with E-state index < -0.39 is 0 Å². The van der Waals surface area contributed by atoms with Crippen LogP contribution in [0.1, 0.15) is 24.8 Å². The summed E-state index contributed by atoms with van der Waals surface area (Å²) in [7, 11) is 0. The van der Waals surface area contributed by atoms with Crippen molar-refractivity contribution in [3.8, 4) is 0 Å². The Hall–Kier alpha value is -0.0900. The van der Waals surface area contributed by atoms with E-state index in [1.165, 1.54) is 0 Å². The van der Waals surface area contributed by atoms with Crippen molar-refractivity contribution in [2.75, 3.05) is 6.54 Å². The fourth-order valence-corrected chi connectivity index (χ4v) is 2.34. The average molecular weight is 293 g/mol. The Balaban J connectivity index is 2.95. The first-order valence-corrected chi connectivity index (χ1v) is 6.04. The van der Waals surface area contributed by atoms with Gasteiger partial charge in [0.05, 0.1) is 6.10 Å². The molecule has 0 bridgehead atoms. The van der Waals surface area contributed by atoms with Gasteiger partial charge in [0.2, 0.25) is 0 Å². The van der Waals surface area contributed by atoms with Crippen LogP contribution in [0.4, 0.5) is 0 Å². The Bertz CT molecular complexity index is 330. The molecule has 4 heteroatoms. The molecule has 1 aromatic rings. The second-order valence-corrected chi connectivity index (χ2v) is 4.97. The van der Waals surface area contributed by atoms with Crippen LogP contribution in [0.3, 0.4) is 0 Å². The number of aliphatic hydroxyl groups excluding tert-OH is 1. The van der Waals surface area contributed by atoms with E-state index >= 15 is 0 Å². The van der Waals surface area contributed by atoms with E-state index in [1.807, 2.05) is 18.2 Å². The molecule has 1 rings (SSSR count). The zero-order valence-corrected chi connectivity index (χ0v) is 10.9. The number of hydrogen-bond acceptors (Lipinski definition) is 2. The summed E-state index contributed by atoms with van der Waals surface area (Å²) in [6, 6.07) is 5.62. The van der Waals surface area contributed by atoms with E-state index in [0.29, 0.717) is 18.0 Å². The molecule has 0 saturated heterocycles. The fourth-order valence-electron chi connectivity index (χ4n) is 1.59. The van der Waals surface area contributed by atoms with Crippen LogP contribution in [0.5, 0.6) is 0 Å². The quantitative estimate of drug-likeness (QED) is 0.896. The second-order valence-electron chi connectivity index (χ2n) is 3.68. The van der Waals surface area contributed by atoms with Crippen LogP contribution >= 0.6 is 27.5 Å². The topological polar surface area (TPSA) is 46.2 Å². The fraction of sp³-hybridized carbons (Fsp3) is 0.455. The van der Waals surface area contributed by atoms with Gasteiger partial charge in [-0.05, 0) is 49.6 Å². The third-order valence-corrected chi connectivity index (χ3v) is 3.27. The van der Waals surface area contributed by atoms with Gasteiger partial charge in [0.15, 0.2) is 0 Å². The third-order valence-electron chi connectivity index (χ3n) is 2.31. The first-order valence-electron chi connectivity index (χ1n) is 4.87. The predicted molar refractivity (Wildman–Crippen MR) is 67.2 cm³/mol. The van der Waals surface area contributed by atoms with Gasteiger partial charge < -0.3 is 10.8 Å². The van der Waals surface area contributed by atoms with Crippen LogP contribution in [-0.2, 0) is 0 Å². The number of benzene rings is 1. The standard InChI is InChI=1S/C11H15BrClNO/c1-7(15)4-8(6-14)10-5-9(13)2-3-11(10)12/h2-3,5,7-8,15H,4,6,14H2,1H3. The number of nitrogens with two attached hydrogens (primary N) is 1. The van der Waals surface area contributed by atoms with Crippen molar-refractivity contribution in [1.29, 1.82) is 0 Å². The van der Waals surface area contributed by atoms with Gasteiger partial charge in [-0.2, -0.15) is 0 Å². The lowest BCUT2D eigenvalue weighted by atomic mass is 9.94. The maximum atomic E-state index is 9.37. The first-order chi connectivity index (χ1) is 7.04. The van der Waals surface area contributed by atoms with Gasteiger partial charge in [-0.1, -0.05) is 27.5 Å². The molecule has 1 aromatic carbocycles. The maximum Gasteiger partial charge on any atom is 0.0518 e. The SMILES string of the molecule is CC(O)CC(CN)c1cc(Cl)ccc1Br. The summed E-state index contributed by atoms with van der Waals surface area (Å²) >= 11 is 9.40. The van der Waals surface area contributed by atoms with E-state index in [0.717, 1.165) is 10.0 Å². The molecular weight excluding hydrogens is 277 g/mol. The summed E-state index contributed by atoms with van der Waals surface area (Å²) in [6.07, 6.45) is 0.291. The highest BCUT2D eigenvalue weighted by atomic mass is 79.9. The van der Waals surface area contributed by atoms with Crippen molar-refractivity contribution in [2.24, 2.45) is 5.73 Å². The highest BCUT2D eigenvalue weighted by Crippen LogP contribution is 2.30. The Morgan fingerprint density at radius 1 is 1.53 bits per heavy atom. The largest absolute Gasteiger partial charge is 0.393 e. The van der Waals surface area contributed by atoms with Crippen LogP contribution < -0.4 is 5.73 Å². The number of aliphatic hydroxyl groups is 1. The molecule has 3 N–H and O–H groups in total. The molecule has 2 unspecified atom stereocenters. The molecule has 0 aliphatic carbocycles. The van der Waals surface area contributed by atoms with E-state index in [9.17, 15) is 5.11 Å². The van der Waals surface area contributed by atoms with Gasteiger partial charge in [-0.25, -0.2) is 0 Å². The summed E-state index contributed by atoms with van der Waals surface area (Å²) in [5, 5.41) is 10.1. The van der Waals surface area contributed by atoms with Crippen molar-refractivity contribution in [1.82, 2.24) is 0 Å². The normalized spacial score (nSPS) is 15.0. The minimum absolute atomic E-state index is 0.137. The summed E-state index contributed by atoms with van der Waals surface area (Å²) in [5.74, 6) is 0.137. The average Bonchev–Trinajstić information content (AvgIpc) is 2.18. The molecule has 84 valence electrons. The van der Waals surface area contributed by atoms with Gasteiger partial charge in [-0.15, -0.1) is 0 Å². The molecular formula is C11H15BrClNO. The van der Waals surface area contributed by atoms with Gasteiger partial charge in [-0.3, -0.25) is 0 Å². The Morgan fingerprint density at radius 3 is 2.73 bits per heavy atom. The van der Waals surface area contributed by atoms with Crippen molar-refractivity contribution in [2.45, 2.75) is 25.4 Å². The zero-order valence-electron chi connectivity index (χ0n) is 8.58. The van der Waals surface area contributed by atoms with Gasteiger partial charge in [0.1, 0.15) is 0 Å². The van der Waals surface area contributed by atoms with Crippen LogP contribution in [-0.4, -0.2) is 17.8 Å². The molecule has 0 fully saturated rings. The smallest absolute Gasteiger partial charge is 0.0518 e. The molecule has 0 amide bonds. The molecule has 0 saturated carbocycles. The maximum absolute atomic E-state index is 9.37. The highest BCUT2D eigenvalue weighted by Gasteiger charge is 2.15. The third kappa shape index (κ3) is 3.76. The molecule has 15 heavy (non-hydrogen) atoms. The van der Waals surface area contributed by atoms with E-state index in [2.05, 4.69) is 15.9 Å². The Morgan fingerprint density at radius 2 is 2.20 bits per heavy atom. The lowest BCUT2D eigenvalue weighted by Crippen LogP contribution is -2.18. The lowest BCUT2D eigenvalue weighted by Gasteiger charge is -2.18. The van der Waals surface area contributed by atoms with Crippen LogP contribution in [0.2, 0.25) is 5.02 Å². The molecule has 0 aliphatic heterocycles. The Kier molecular flexibility index (Phi) is 5.06. The monoisotopic (exact) mass is 291 g/mol. The predicted octanol–water partition coefficient (Wildman–Crippen LogP) is 2.92. The second kappa shape index (κ2) is 5.85. The van der Waals surface area contributed by atoms with Crippen molar-refractivity contribution < 1.29 is 5.11 Å². The zero-order chi connectivity index (χ0) is 11.4. The minimum atomic E-state index is -0.357. The lowest BCUT2D eigenvalue weighted by molar-refractivity contribution is 0.175. The molecule has 0 aliphatic rings. The summed E-state index contributed by atoms with van der Waals surface area (Å²) in [6.45, 7) is 2.27. The van der Waals surface area contributed by atoms with Crippen LogP contribution in [0.15, 0.2) is 22.7 Å². The van der Waals surface area contributed by atoms with Crippen molar-refractivity contribution in [3.05, 3.63) is 33.3 Å². The van der Waals surface area contributed by atoms with Gasteiger partial charge in [0.25, 0.3) is 0 Å². The van der Waals surface area contributed by atoms with Gasteiger partial charge >= 0.3 is 0 Å². The number of halogens is 2. The van der Waals surface area contributed by atoms with E-state index in [-0.39, 0.29) is 12.0 Å². The molecule has 0 spiro atoms. The highest BCUT2D eigenvalue weighted by molar-refractivity contribution is 9.10. The summed E-state index contributed by atoms with van der Waals surface area (Å²) in [5.41, 5.74) is 6.76. The molecule has 2 atom stereocenters. The number of rotatable bonds is 4. The van der Waals surface area contributed by atoms with Crippen molar-refractivity contribution >= 4 is 27.5 Å². The Labute approximate surface area is 104 Å². The summed E-state index contributed by atoms with van der Waals surface area (Å²) in [4.78, 5) is 0. The van der Waals surface area contributed by atoms with Crippen molar-refractivity contribution in [3.63, 3.8) is 0 Å². The molecule has 0 heterocycles. The van der Waals surface area contributed by atoms with Crippen LogP contribution in [0, 0.1) is 0 Å². The number of hydrogen-bond donors (Lipinski definition) is 2. The van der Waals surface area contributed by atoms with Crippen LogP contribution in [0.25, 0.3) is 0 Å². The van der Waals surface area contributed by atoms with Gasteiger partial charge in [0, 0.05) is 9.50 Å². The minimum Gasteiger partial charge on any atom is -0.393 e. The molecule has 2 nitrogen and oxygen atoms in total.